The van der Waals surface area contributed by atoms with Crippen LogP contribution in [0.5, 0.6) is 0 Å². The summed E-state index contributed by atoms with van der Waals surface area (Å²) in [6, 6.07) is 0. The van der Waals surface area contributed by atoms with E-state index in [0.717, 1.165) is 25.7 Å². The van der Waals surface area contributed by atoms with Crippen molar-refractivity contribution in [3.63, 3.8) is 0 Å². The molecule has 4 nitrogen and oxygen atoms in total. The van der Waals surface area contributed by atoms with Gasteiger partial charge in [-0.15, -0.1) is 9.05 Å². The molecule has 1 aliphatic heterocycles. The first-order valence-corrected chi connectivity index (χ1v) is 15.6. The predicted molar refractivity (Wildman–Crippen MR) is 136 cm³/mol. The smallest absolute Gasteiger partial charge is 0.149 e. The summed E-state index contributed by atoms with van der Waals surface area (Å²) >= 11 is 0. The van der Waals surface area contributed by atoms with E-state index in [1.165, 1.54) is 116 Å². The Morgan fingerprint density at radius 3 is 1.09 bits per heavy atom. The SMILES string of the molecule is CCCCCCCCCCCCC1(CCCCCCCCCCCC)CO[P+]([O])([O])OC1. The van der Waals surface area contributed by atoms with Gasteiger partial charge >= 0.3 is 8.17 Å². The zero-order valence-electron chi connectivity index (χ0n) is 21.6. The Morgan fingerprint density at radius 2 is 0.781 bits per heavy atom. The van der Waals surface area contributed by atoms with Gasteiger partial charge in [-0.1, -0.05) is 142 Å². The first-order valence-electron chi connectivity index (χ1n) is 14.1. The molecule has 1 fully saturated rings. The molecule has 0 spiro atoms. The third-order valence-electron chi connectivity index (χ3n) is 7.18. The van der Waals surface area contributed by atoms with Gasteiger partial charge in [0.1, 0.15) is 13.2 Å². The van der Waals surface area contributed by atoms with Crippen LogP contribution in [0.3, 0.4) is 0 Å². The van der Waals surface area contributed by atoms with Crippen LogP contribution in [0.1, 0.15) is 155 Å². The van der Waals surface area contributed by atoms with Crippen LogP contribution < -0.4 is 0 Å². The largest absolute Gasteiger partial charge is 0.645 e. The maximum Gasteiger partial charge on any atom is 0.645 e. The number of hydrogen-bond acceptors (Lipinski definition) is 2. The van der Waals surface area contributed by atoms with Gasteiger partial charge in [0, 0.05) is 5.41 Å². The van der Waals surface area contributed by atoms with Gasteiger partial charge < -0.3 is 0 Å². The van der Waals surface area contributed by atoms with Gasteiger partial charge in [0.05, 0.1) is 9.79 Å². The van der Waals surface area contributed by atoms with Crippen LogP contribution in [0.4, 0.5) is 0 Å². The second-order valence-electron chi connectivity index (χ2n) is 10.4. The minimum absolute atomic E-state index is 0.0986. The molecule has 1 saturated heterocycles. The van der Waals surface area contributed by atoms with Crippen molar-refractivity contribution >= 4 is 8.17 Å². The third-order valence-corrected chi connectivity index (χ3v) is 8.07. The molecule has 32 heavy (non-hydrogen) atoms. The fourth-order valence-electron chi connectivity index (χ4n) is 4.90. The lowest BCUT2D eigenvalue weighted by molar-refractivity contribution is -0.0518. The maximum atomic E-state index is 11.6. The topological polar surface area (TPSA) is 58.3 Å². The number of unbranched alkanes of at least 4 members (excludes halogenated alkanes) is 18. The molecular weight excluding hydrogens is 419 g/mol. The van der Waals surface area contributed by atoms with Crippen molar-refractivity contribution in [1.29, 1.82) is 0 Å². The Hall–Kier alpha value is 0.270. The van der Waals surface area contributed by atoms with E-state index in [1.54, 1.807) is 0 Å². The molecule has 0 aromatic rings. The maximum absolute atomic E-state index is 11.6. The first-order chi connectivity index (χ1) is 15.5. The summed E-state index contributed by atoms with van der Waals surface area (Å²) in [7, 11) is -4.05. The van der Waals surface area contributed by atoms with Crippen molar-refractivity contribution < 1.29 is 18.8 Å². The van der Waals surface area contributed by atoms with E-state index in [2.05, 4.69) is 13.8 Å². The minimum Gasteiger partial charge on any atom is -0.149 e. The Kier molecular flexibility index (Phi) is 18.5. The normalized spacial score (nSPS) is 17.6. The highest BCUT2D eigenvalue weighted by Gasteiger charge is 2.55. The van der Waals surface area contributed by atoms with Crippen molar-refractivity contribution in [3.8, 4) is 0 Å². The van der Waals surface area contributed by atoms with E-state index in [9.17, 15) is 9.79 Å². The molecule has 5 heteroatoms. The van der Waals surface area contributed by atoms with Crippen LogP contribution in [0, 0.1) is 5.41 Å². The van der Waals surface area contributed by atoms with E-state index in [-0.39, 0.29) is 5.41 Å². The number of rotatable bonds is 22. The third kappa shape index (κ3) is 16.0. The highest BCUT2D eigenvalue weighted by molar-refractivity contribution is 7.53. The summed E-state index contributed by atoms with van der Waals surface area (Å²) in [6.45, 7) is 5.17. The van der Waals surface area contributed by atoms with E-state index in [4.69, 9.17) is 9.05 Å². The van der Waals surface area contributed by atoms with Gasteiger partial charge in [-0.2, -0.15) is 0 Å². The summed E-state index contributed by atoms with van der Waals surface area (Å²) < 4.78 is 10.3. The molecule has 1 aliphatic rings. The Bertz CT molecular complexity index is 380. The van der Waals surface area contributed by atoms with E-state index >= 15 is 0 Å². The van der Waals surface area contributed by atoms with Crippen LogP contribution in [0.2, 0.25) is 0 Å². The Labute approximate surface area is 200 Å². The summed E-state index contributed by atoms with van der Waals surface area (Å²) in [5.41, 5.74) is -0.0986. The van der Waals surface area contributed by atoms with Crippen LogP contribution >= 0.6 is 8.17 Å². The minimum atomic E-state index is -4.05. The molecule has 0 amide bonds. The van der Waals surface area contributed by atoms with Gasteiger partial charge in [-0.25, -0.2) is 0 Å². The van der Waals surface area contributed by atoms with Crippen molar-refractivity contribution in [3.05, 3.63) is 0 Å². The average Bonchev–Trinajstić information content (AvgIpc) is 2.78. The fraction of sp³-hybridized carbons (Fsp3) is 1.00. The first kappa shape index (κ1) is 30.3. The van der Waals surface area contributed by atoms with Gasteiger partial charge in [0.2, 0.25) is 0 Å². The van der Waals surface area contributed by atoms with Crippen LogP contribution in [-0.4, -0.2) is 13.2 Å². The van der Waals surface area contributed by atoms with Gasteiger partial charge in [-0.05, 0) is 12.8 Å². The van der Waals surface area contributed by atoms with Gasteiger partial charge in [0.25, 0.3) is 0 Å². The second-order valence-corrected chi connectivity index (χ2v) is 11.8. The van der Waals surface area contributed by atoms with Gasteiger partial charge in [0.15, 0.2) is 0 Å². The van der Waals surface area contributed by atoms with Crippen LogP contribution in [-0.2, 0) is 18.8 Å². The second kappa shape index (κ2) is 19.6. The van der Waals surface area contributed by atoms with Crippen LogP contribution in [0.25, 0.3) is 0 Å². The highest BCUT2D eigenvalue weighted by Crippen LogP contribution is 2.60. The molecule has 2 radical (unpaired) electrons. The van der Waals surface area contributed by atoms with E-state index in [0.29, 0.717) is 13.2 Å². The zero-order chi connectivity index (χ0) is 23.4. The molecule has 1 heterocycles. The van der Waals surface area contributed by atoms with Crippen molar-refractivity contribution in [2.24, 2.45) is 5.41 Å². The van der Waals surface area contributed by atoms with E-state index in [1.807, 2.05) is 0 Å². The highest BCUT2D eigenvalue weighted by atomic mass is 31.2. The summed E-state index contributed by atoms with van der Waals surface area (Å²) in [4.78, 5) is 23.2. The molecule has 1 rings (SSSR count). The molecule has 0 bridgehead atoms. The van der Waals surface area contributed by atoms with Gasteiger partial charge in [-0.3, -0.25) is 0 Å². The lowest BCUT2D eigenvalue weighted by Crippen LogP contribution is -2.36. The monoisotopic (exact) mass is 473 g/mol. The fourth-order valence-corrected chi connectivity index (χ4v) is 5.84. The average molecular weight is 474 g/mol. The van der Waals surface area contributed by atoms with Crippen molar-refractivity contribution in [2.75, 3.05) is 13.2 Å². The lowest BCUT2D eigenvalue weighted by Gasteiger charge is -2.34. The molecule has 0 aliphatic carbocycles. The van der Waals surface area contributed by atoms with Crippen molar-refractivity contribution in [1.82, 2.24) is 0 Å². The van der Waals surface area contributed by atoms with Crippen LogP contribution in [0.15, 0.2) is 0 Å². The Balaban J connectivity index is 2.15. The quantitative estimate of drug-likeness (QED) is 0.116. The molecule has 0 unspecified atom stereocenters. The Morgan fingerprint density at radius 1 is 0.500 bits per heavy atom. The summed E-state index contributed by atoms with van der Waals surface area (Å²) in [5.74, 6) is 0. The summed E-state index contributed by atoms with van der Waals surface area (Å²) in [6.07, 6.45) is 28.5. The molecular formula is C27H54O4P+. The number of hydrogen-bond donors (Lipinski definition) is 0. The van der Waals surface area contributed by atoms with E-state index < -0.39 is 8.17 Å². The standard InChI is InChI=1S/C27H54O4P/c1-3-5-7-9-11-13-15-17-19-21-23-27(25-30-32(28,29)31-26-27)24-22-20-18-16-14-12-10-8-6-4-2/h3-26H2,1-2H3/q+1. The molecule has 0 saturated carbocycles. The summed E-state index contributed by atoms with van der Waals surface area (Å²) in [5, 5.41) is 0. The molecule has 190 valence electrons. The molecule has 0 aromatic carbocycles. The predicted octanol–water partition coefficient (Wildman–Crippen LogP) is 10.2. The molecule has 0 atom stereocenters. The van der Waals surface area contributed by atoms with Crippen molar-refractivity contribution in [2.45, 2.75) is 155 Å². The molecule has 0 N–H and O–H groups in total. The lowest BCUT2D eigenvalue weighted by atomic mass is 9.79. The zero-order valence-corrected chi connectivity index (χ0v) is 22.4. The molecule has 0 aromatic heterocycles.